The highest BCUT2D eigenvalue weighted by Gasteiger charge is 2.28. The van der Waals surface area contributed by atoms with E-state index in [9.17, 15) is 4.79 Å². The van der Waals surface area contributed by atoms with Gasteiger partial charge in [-0.1, -0.05) is 6.42 Å². The highest BCUT2D eigenvalue weighted by atomic mass is 16.1. The first kappa shape index (κ1) is 16.4. The number of likely N-dealkylation sites (tertiary alicyclic amines) is 1. The fourth-order valence-corrected chi connectivity index (χ4v) is 3.29. The van der Waals surface area contributed by atoms with Gasteiger partial charge in [0.2, 0.25) is 0 Å². The first-order chi connectivity index (χ1) is 11.6. The Hall–Kier alpha value is -2.41. The van der Waals surface area contributed by atoms with Crippen LogP contribution in [-0.2, 0) is 6.54 Å². The smallest absolute Gasteiger partial charge is 0.252 e. The summed E-state index contributed by atoms with van der Waals surface area (Å²) in [6.45, 7) is 1.80. The van der Waals surface area contributed by atoms with Crippen molar-refractivity contribution in [3.8, 4) is 0 Å². The number of amides is 1. The molecule has 1 aliphatic rings. The van der Waals surface area contributed by atoms with Crippen molar-refractivity contribution in [2.45, 2.75) is 31.8 Å². The molecule has 1 amide bonds. The average molecular weight is 328 g/mol. The maximum Gasteiger partial charge on any atom is 0.252 e. The van der Waals surface area contributed by atoms with Gasteiger partial charge in [0.05, 0.1) is 23.5 Å². The van der Waals surface area contributed by atoms with E-state index in [1.807, 2.05) is 31.3 Å². The monoisotopic (exact) mass is 328 g/mol. The van der Waals surface area contributed by atoms with Crippen LogP contribution in [0.1, 0.15) is 46.9 Å². The van der Waals surface area contributed by atoms with Gasteiger partial charge in [-0.3, -0.25) is 14.8 Å². The zero-order chi connectivity index (χ0) is 17.1. The van der Waals surface area contributed by atoms with E-state index in [4.69, 9.17) is 5.73 Å². The number of aromatic nitrogens is 3. The van der Waals surface area contributed by atoms with Crippen LogP contribution in [-0.4, -0.2) is 46.6 Å². The molecule has 0 aromatic carbocycles. The quantitative estimate of drug-likeness (QED) is 0.871. The minimum atomic E-state index is -0.428. The number of nitrogens with two attached hydrogens (primary N) is 1. The van der Waals surface area contributed by atoms with E-state index >= 15 is 0 Å². The van der Waals surface area contributed by atoms with Crippen LogP contribution in [0.5, 0.6) is 0 Å². The molecule has 1 aliphatic heterocycles. The first-order valence-electron chi connectivity index (χ1n) is 8.25. The Morgan fingerprint density at radius 3 is 3.04 bits per heavy atom. The Labute approximate surface area is 141 Å². The summed E-state index contributed by atoms with van der Waals surface area (Å²) in [5, 5.41) is 7.02. The van der Waals surface area contributed by atoms with Crippen LogP contribution in [0.2, 0.25) is 0 Å². The van der Waals surface area contributed by atoms with Crippen LogP contribution in [0.15, 0.2) is 24.5 Å². The number of carbonyl (C=O) groups is 1. The lowest BCUT2D eigenvalue weighted by atomic mass is 9.96. The van der Waals surface area contributed by atoms with Crippen LogP contribution in [0.25, 0.3) is 0 Å². The number of H-pyrrole nitrogens is 1. The molecule has 3 rings (SSSR count). The maximum atomic E-state index is 11.6. The second-order valence-electron chi connectivity index (χ2n) is 6.46. The van der Waals surface area contributed by atoms with Crippen molar-refractivity contribution in [1.29, 1.82) is 0 Å². The Kier molecular flexibility index (Phi) is 4.80. The fraction of sp³-hybridized carbons (Fsp3) is 0.471. The minimum Gasteiger partial charge on any atom is -0.365 e. The van der Waals surface area contributed by atoms with E-state index in [0.717, 1.165) is 43.9 Å². The lowest BCUT2D eigenvalue weighted by molar-refractivity contribution is 0.0990. The van der Waals surface area contributed by atoms with Gasteiger partial charge in [-0.05, 0) is 37.1 Å². The summed E-state index contributed by atoms with van der Waals surface area (Å²) in [5.74, 6) is 0.517. The molecule has 0 spiro atoms. The highest BCUT2D eigenvalue weighted by molar-refractivity contribution is 5.93. The molecular weight excluding hydrogens is 304 g/mol. The molecule has 0 saturated carbocycles. The van der Waals surface area contributed by atoms with Crippen molar-refractivity contribution < 1.29 is 4.79 Å². The van der Waals surface area contributed by atoms with Gasteiger partial charge in [-0.2, -0.15) is 5.10 Å². The van der Waals surface area contributed by atoms with Crippen molar-refractivity contribution in [2.75, 3.05) is 25.5 Å². The largest absolute Gasteiger partial charge is 0.365 e. The predicted molar refractivity (Wildman–Crippen MR) is 92.7 cm³/mol. The molecule has 128 valence electrons. The van der Waals surface area contributed by atoms with Gasteiger partial charge in [0.25, 0.3) is 5.91 Å². The third kappa shape index (κ3) is 3.41. The lowest BCUT2D eigenvalue weighted by Gasteiger charge is -2.35. The number of primary amides is 1. The second-order valence-corrected chi connectivity index (χ2v) is 6.46. The fourth-order valence-electron chi connectivity index (χ4n) is 3.29. The Morgan fingerprint density at radius 2 is 2.29 bits per heavy atom. The molecule has 1 unspecified atom stereocenters. The van der Waals surface area contributed by atoms with Gasteiger partial charge in [0.1, 0.15) is 5.82 Å². The summed E-state index contributed by atoms with van der Waals surface area (Å²) >= 11 is 0. The number of nitrogens with zero attached hydrogens (tertiary/aromatic N) is 4. The minimum absolute atomic E-state index is 0.139. The van der Waals surface area contributed by atoms with Crippen molar-refractivity contribution >= 4 is 11.7 Å². The number of rotatable bonds is 5. The summed E-state index contributed by atoms with van der Waals surface area (Å²) in [6, 6.07) is 4.29. The van der Waals surface area contributed by atoms with Crippen molar-refractivity contribution in [3.63, 3.8) is 0 Å². The molecule has 0 radical (unpaired) electrons. The number of anilines is 1. The van der Waals surface area contributed by atoms with Gasteiger partial charge >= 0.3 is 0 Å². The van der Waals surface area contributed by atoms with Crippen LogP contribution in [0.3, 0.4) is 0 Å². The molecule has 1 atom stereocenters. The van der Waals surface area contributed by atoms with Gasteiger partial charge in [0.15, 0.2) is 0 Å². The molecule has 3 heterocycles. The van der Waals surface area contributed by atoms with Crippen LogP contribution >= 0.6 is 0 Å². The van der Waals surface area contributed by atoms with Gasteiger partial charge < -0.3 is 10.6 Å². The van der Waals surface area contributed by atoms with E-state index in [-0.39, 0.29) is 6.04 Å². The lowest BCUT2D eigenvalue weighted by Crippen LogP contribution is -2.34. The number of aromatic amines is 1. The standard InChI is InChI=1S/C17H24N6O/c1-22(2)15-9-12(6-7-19-15)11-23-8-4-3-5-14(23)16-13(17(18)24)10-20-21-16/h6-7,9-10,14H,3-5,8,11H2,1-2H3,(H2,18,24)(H,20,21). The Bertz CT molecular complexity index is 711. The molecule has 1 saturated heterocycles. The molecule has 0 bridgehead atoms. The molecule has 0 aliphatic carbocycles. The molecule has 7 nitrogen and oxygen atoms in total. The average Bonchev–Trinajstić information content (AvgIpc) is 3.05. The van der Waals surface area contributed by atoms with E-state index in [1.54, 1.807) is 0 Å². The molecule has 24 heavy (non-hydrogen) atoms. The summed E-state index contributed by atoms with van der Waals surface area (Å²) in [5.41, 5.74) is 8.03. The number of hydrogen-bond acceptors (Lipinski definition) is 5. The molecule has 2 aromatic heterocycles. The molecule has 7 heteroatoms. The Morgan fingerprint density at radius 1 is 1.46 bits per heavy atom. The SMILES string of the molecule is CN(C)c1cc(CN2CCCCC2c2[nH]ncc2C(N)=O)ccn1. The highest BCUT2D eigenvalue weighted by Crippen LogP contribution is 2.32. The third-order valence-electron chi connectivity index (χ3n) is 4.53. The van der Waals surface area contributed by atoms with E-state index in [1.165, 1.54) is 11.8 Å². The van der Waals surface area contributed by atoms with E-state index in [0.29, 0.717) is 5.56 Å². The summed E-state index contributed by atoms with van der Waals surface area (Å²) in [6.07, 6.45) is 6.66. The normalized spacial score (nSPS) is 18.5. The summed E-state index contributed by atoms with van der Waals surface area (Å²) in [4.78, 5) is 20.4. The summed E-state index contributed by atoms with van der Waals surface area (Å²) < 4.78 is 0. The van der Waals surface area contributed by atoms with Gasteiger partial charge in [-0.15, -0.1) is 0 Å². The number of piperidine rings is 1. The zero-order valence-electron chi connectivity index (χ0n) is 14.2. The van der Waals surface area contributed by atoms with E-state index < -0.39 is 5.91 Å². The Balaban J connectivity index is 1.84. The summed E-state index contributed by atoms with van der Waals surface area (Å²) in [7, 11) is 3.97. The van der Waals surface area contributed by atoms with Gasteiger partial charge in [0, 0.05) is 26.8 Å². The zero-order valence-corrected chi connectivity index (χ0v) is 14.2. The molecule has 2 aromatic rings. The number of nitrogens with one attached hydrogen (secondary N) is 1. The van der Waals surface area contributed by atoms with Crippen LogP contribution in [0, 0.1) is 0 Å². The van der Waals surface area contributed by atoms with Crippen molar-refractivity contribution in [2.24, 2.45) is 5.73 Å². The number of carbonyl (C=O) groups excluding carboxylic acids is 1. The van der Waals surface area contributed by atoms with Crippen LogP contribution < -0.4 is 10.6 Å². The number of pyridine rings is 1. The predicted octanol–water partition coefficient (Wildman–Crippen LogP) is 1.70. The third-order valence-corrected chi connectivity index (χ3v) is 4.53. The first-order valence-corrected chi connectivity index (χ1v) is 8.25. The van der Waals surface area contributed by atoms with E-state index in [2.05, 4.69) is 26.1 Å². The molecular formula is C17H24N6O. The topological polar surface area (TPSA) is 91.1 Å². The molecule has 1 fully saturated rings. The molecule has 3 N–H and O–H groups in total. The van der Waals surface area contributed by atoms with Crippen molar-refractivity contribution in [1.82, 2.24) is 20.1 Å². The number of hydrogen-bond donors (Lipinski definition) is 2. The second kappa shape index (κ2) is 7.00. The van der Waals surface area contributed by atoms with Gasteiger partial charge in [-0.25, -0.2) is 4.98 Å². The van der Waals surface area contributed by atoms with Crippen molar-refractivity contribution in [3.05, 3.63) is 41.3 Å². The maximum absolute atomic E-state index is 11.6. The van der Waals surface area contributed by atoms with Crippen LogP contribution in [0.4, 0.5) is 5.82 Å².